The fourth-order valence-electron chi connectivity index (χ4n) is 2.47. The van der Waals surface area contributed by atoms with Gasteiger partial charge in [0, 0.05) is 0 Å². The van der Waals surface area contributed by atoms with Crippen LogP contribution in [0.4, 0.5) is 4.79 Å². The Kier molecular flexibility index (Phi) is 10.2. The molecule has 0 fully saturated rings. The highest BCUT2D eigenvalue weighted by atomic mass is 16.5. The Morgan fingerprint density at radius 1 is 0.931 bits per heavy atom. The molecule has 0 radical (unpaired) electrons. The number of rotatable bonds is 10. The molecule has 2 atom stereocenters. The number of ether oxygens (including phenoxy) is 3. The van der Waals surface area contributed by atoms with Gasteiger partial charge in [0.2, 0.25) is 5.91 Å². The van der Waals surface area contributed by atoms with E-state index in [1.54, 1.807) is 12.1 Å². The van der Waals surface area contributed by atoms with Gasteiger partial charge in [0.05, 0.1) is 20.6 Å². The Morgan fingerprint density at radius 3 is 2.14 bits per heavy atom. The second-order valence-corrected chi connectivity index (χ2v) is 6.75. The quantitative estimate of drug-likeness (QED) is 0.445. The zero-order valence-corrected chi connectivity index (χ0v) is 17.1. The minimum atomic E-state index is -1.23. The number of hydrogen-bond acceptors (Lipinski definition) is 7. The third kappa shape index (κ3) is 9.09. The van der Waals surface area contributed by atoms with E-state index in [1.807, 2.05) is 32.0 Å². The van der Waals surface area contributed by atoms with E-state index in [-0.39, 0.29) is 18.9 Å². The van der Waals surface area contributed by atoms with E-state index in [2.05, 4.69) is 20.1 Å². The molecule has 9 nitrogen and oxygen atoms in total. The van der Waals surface area contributed by atoms with Crippen LogP contribution in [0.3, 0.4) is 0 Å². The molecule has 0 spiro atoms. The molecule has 0 bridgehead atoms. The largest absolute Gasteiger partial charge is 0.469 e. The van der Waals surface area contributed by atoms with Crippen LogP contribution in [0.2, 0.25) is 0 Å². The van der Waals surface area contributed by atoms with Gasteiger partial charge in [-0.2, -0.15) is 0 Å². The molecule has 0 unspecified atom stereocenters. The van der Waals surface area contributed by atoms with Crippen molar-refractivity contribution in [2.75, 3.05) is 14.2 Å². The number of carbonyl (C=O) groups excluding carboxylic acids is 4. The highest BCUT2D eigenvalue weighted by molar-refractivity contribution is 5.91. The molecule has 0 saturated heterocycles. The van der Waals surface area contributed by atoms with Crippen molar-refractivity contribution in [2.45, 2.75) is 45.4 Å². The molecule has 2 amide bonds. The average molecular weight is 408 g/mol. The molecule has 2 N–H and O–H groups in total. The molecule has 1 rings (SSSR count). The van der Waals surface area contributed by atoms with Crippen molar-refractivity contribution >= 4 is 23.9 Å². The fourth-order valence-corrected chi connectivity index (χ4v) is 2.47. The van der Waals surface area contributed by atoms with Crippen LogP contribution in [-0.4, -0.2) is 50.2 Å². The fraction of sp³-hybridized carbons (Fsp3) is 0.500. The topological polar surface area (TPSA) is 120 Å². The van der Waals surface area contributed by atoms with E-state index in [9.17, 15) is 19.2 Å². The summed E-state index contributed by atoms with van der Waals surface area (Å²) in [5, 5.41) is 4.94. The summed E-state index contributed by atoms with van der Waals surface area (Å²) >= 11 is 0. The summed E-state index contributed by atoms with van der Waals surface area (Å²) in [6, 6.07) is 6.91. The Morgan fingerprint density at radius 2 is 1.59 bits per heavy atom. The molecule has 1 aromatic carbocycles. The molecule has 0 aliphatic heterocycles. The maximum absolute atomic E-state index is 12.6. The molecule has 1 aromatic rings. The van der Waals surface area contributed by atoms with Crippen molar-refractivity contribution in [1.82, 2.24) is 10.6 Å². The van der Waals surface area contributed by atoms with Gasteiger partial charge in [0.1, 0.15) is 18.7 Å². The normalized spacial score (nSPS) is 12.4. The summed E-state index contributed by atoms with van der Waals surface area (Å²) in [5.41, 5.74) is 0.802. The lowest BCUT2D eigenvalue weighted by Gasteiger charge is -2.22. The highest BCUT2D eigenvalue weighted by Gasteiger charge is 2.30. The molecule has 0 aliphatic carbocycles. The predicted molar refractivity (Wildman–Crippen MR) is 104 cm³/mol. The summed E-state index contributed by atoms with van der Waals surface area (Å²) in [6.07, 6.45) is -0.850. The van der Waals surface area contributed by atoms with Gasteiger partial charge in [-0.3, -0.25) is 9.59 Å². The number of esters is 2. The summed E-state index contributed by atoms with van der Waals surface area (Å²) in [7, 11) is 2.31. The van der Waals surface area contributed by atoms with Gasteiger partial charge in [0.25, 0.3) is 0 Å². The van der Waals surface area contributed by atoms with E-state index in [0.717, 1.165) is 12.7 Å². The Bertz CT molecular complexity index is 691. The van der Waals surface area contributed by atoms with Gasteiger partial charge in [-0.1, -0.05) is 44.2 Å². The minimum Gasteiger partial charge on any atom is -0.469 e. The van der Waals surface area contributed by atoms with Crippen molar-refractivity contribution in [3.8, 4) is 0 Å². The molecule has 0 aromatic heterocycles. The summed E-state index contributed by atoms with van der Waals surface area (Å²) in [4.78, 5) is 48.1. The molecule has 0 aliphatic rings. The van der Waals surface area contributed by atoms with Gasteiger partial charge in [-0.25, -0.2) is 9.59 Å². The van der Waals surface area contributed by atoms with Gasteiger partial charge >= 0.3 is 18.0 Å². The van der Waals surface area contributed by atoms with Crippen molar-refractivity contribution < 1.29 is 33.4 Å². The second-order valence-electron chi connectivity index (χ2n) is 6.75. The molecule has 0 saturated carbocycles. The standard InChI is InChI=1S/C20H28N2O7/c1-13(2)10-15(22-20(26)29-12-14-8-6-5-7-9-14)18(24)21-16(19(25)28-4)11-17(23)27-3/h5-9,13,15-16H,10-12H2,1-4H3,(H,21,24)(H,22,26)/t15-,16+/m0/s1. The first-order valence-corrected chi connectivity index (χ1v) is 9.19. The van der Waals surface area contributed by atoms with Crippen LogP contribution in [-0.2, 0) is 35.2 Å². The molecule has 160 valence electrons. The zero-order chi connectivity index (χ0) is 21.8. The number of alkyl carbamates (subject to hydrolysis) is 1. The van der Waals surface area contributed by atoms with Gasteiger partial charge in [-0.15, -0.1) is 0 Å². The minimum absolute atomic E-state index is 0.0514. The lowest BCUT2D eigenvalue weighted by Crippen LogP contribution is -2.52. The van der Waals surface area contributed by atoms with Gasteiger partial charge in [-0.05, 0) is 17.9 Å². The first kappa shape index (κ1) is 23.9. The Balaban J connectivity index is 2.75. The highest BCUT2D eigenvalue weighted by Crippen LogP contribution is 2.08. The van der Waals surface area contributed by atoms with Crippen molar-refractivity contribution in [3.63, 3.8) is 0 Å². The number of nitrogens with one attached hydrogen (secondary N) is 2. The van der Waals surface area contributed by atoms with Gasteiger partial charge < -0.3 is 24.8 Å². The smallest absolute Gasteiger partial charge is 0.408 e. The zero-order valence-electron chi connectivity index (χ0n) is 17.1. The molecule has 29 heavy (non-hydrogen) atoms. The van der Waals surface area contributed by atoms with Crippen molar-refractivity contribution in [3.05, 3.63) is 35.9 Å². The summed E-state index contributed by atoms with van der Waals surface area (Å²) in [6.45, 7) is 3.81. The third-order valence-corrected chi connectivity index (χ3v) is 3.93. The average Bonchev–Trinajstić information content (AvgIpc) is 2.70. The van der Waals surface area contributed by atoms with E-state index < -0.39 is 36.0 Å². The maximum atomic E-state index is 12.6. The Hall–Kier alpha value is -3.10. The van der Waals surface area contributed by atoms with Crippen LogP contribution in [0.5, 0.6) is 0 Å². The van der Waals surface area contributed by atoms with Crippen LogP contribution in [0.25, 0.3) is 0 Å². The Labute approximate surface area is 170 Å². The first-order chi connectivity index (χ1) is 13.8. The van der Waals surface area contributed by atoms with Crippen LogP contribution in [0.1, 0.15) is 32.3 Å². The van der Waals surface area contributed by atoms with Crippen LogP contribution in [0, 0.1) is 5.92 Å². The summed E-state index contributed by atoms with van der Waals surface area (Å²) < 4.78 is 14.3. The molecular weight excluding hydrogens is 380 g/mol. The number of benzene rings is 1. The predicted octanol–water partition coefficient (Wildman–Crippen LogP) is 1.55. The van der Waals surface area contributed by atoms with E-state index >= 15 is 0 Å². The molecular formula is C20H28N2O7. The third-order valence-electron chi connectivity index (χ3n) is 3.93. The number of methoxy groups -OCH3 is 2. The second kappa shape index (κ2) is 12.4. The SMILES string of the molecule is COC(=O)C[C@@H](NC(=O)[C@H](CC(C)C)NC(=O)OCc1ccccc1)C(=O)OC. The summed E-state index contributed by atoms with van der Waals surface area (Å²) in [5.74, 6) is -2.04. The first-order valence-electron chi connectivity index (χ1n) is 9.19. The molecule has 0 heterocycles. The van der Waals surface area contributed by atoms with E-state index in [0.29, 0.717) is 6.42 Å². The maximum Gasteiger partial charge on any atom is 0.408 e. The van der Waals surface area contributed by atoms with Crippen LogP contribution in [0.15, 0.2) is 30.3 Å². The number of amides is 2. The van der Waals surface area contributed by atoms with E-state index in [4.69, 9.17) is 4.74 Å². The van der Waals surface area contributed by atoms with Crippen molar-refractivity contribution in [2.24, 2.45) is 5.92 Å². The number of carbonyl (C=O) groups is 4. The van der Waals surface area contributed by atoms with Crippen LogP contribution < -0.4 is 10.6 Å². The van der Waals surface area contributed by atoms with E-state index in [1.165, 1.54) is 7.11 Å². The van der Waals surface area contributed by atoms with Crippen LogP contribution >= 0.6 is 0 Å². The molecule has 9 heteroatoms. The number of hydrogen-bond donors (Lipinski definition) is 2. The van der Waals surface area contributed by atoms with Gasteiger partial charge in [0.15, 0.2) is 0 Å². The lowest BCUT2D eigenvalue weighted by atomic mass is 10.0. The van der Waals surface area contributed by atoms with Crippen molar-refractivity contribution in [1.29, 1.82) is 0 Å². The lowest BCUT2D eigenvalue weighted by molar-refractivity contribution is -0.150. The monoisotopic (exact) mass is 408 g/mol.